The first kappa shape index (κ1) is 10.8. The maximum absolute atomic E-state index is 3.56. The van der Waals surface area contributed by atoms with E-state index >= 15 is 0 Å². The Morgan fingerprint density at radius 3 is 2.73 bits per heavy atom. The van der Waals surface area contributed by atoms with E-state index in [1.165, 1.54) is 30.0 Å². The van der Waals surface area contributed by atoms with Crippen LogP contribution in [0.5, 0.6) is 0 Å². The summed E-state index contributed by atoms with van der Waals surface area (Å²) < 4.78 is 0. The van der Waals surface area contributed by atoms with Gasteiger partial charge in [0.25, 0.3) is 0 Å². The second-order valence-electron chi connectivity index (χ2n) is 3.92. The number of anilines is 1. The van der Waals surface area contributed by atoms with Gasteiger partial charge in [0.1, 0.15) is 0 Å². The van der Waals surface area contributed by atoms with Gasteiger partial charge in [-0.05, 0) is 49.9 Å². The second kappa shape index (κ2) is 5.42. The molecular formula is C12H18N2S. The third-order valence-electron chi connectivity index (χ3n) is 2.76. The topological polar surface area (TPSA) is 24.1 Å². The van der Waals surface area contributed by atoms with E-state index in [4.69, 9.17) is 0 Å². The highest BCUT2D eigenvalue weighted by molar-refractivity contribution is 7.98. The summed E-state index contributed by atoms with van der Waals surface area (Å²) in [6, 6.07) is 9.27. The quantitative estimate of drug-likeness (QED) is 0.769. The molecule has 3 heteroatoms. The molecule has 1 aromatic rings. The Hall–Kier alpha value is -0.670. The summed E-state index contributed by atoms with van der Waals surface area (Å²) in [5.41, 5.74) is 1.24. The van der Waals surface area contributed by atoms with Crippen LogP contribution in [0.3, 0.4) is 0 Å². The first-order valence-electron chi connectivity index (χ1n) is 5.50. The van der Waals surface area contributed by atoms with Crippen molar-refractivity contribution < 1.29 is 0 Å². The van der Waals surface area contributed by atoms with Crippen LogP contribution in [0, 0.1) is 0 Å². The largest absolute Gasteiger partial charge is 0.381 e. The number of piperidine rings is 1. The van der Waals surface area contributed by atoms with Crippen LogP contribution < -0.4 is 10.6 Å². The van der Waals surface area contributed by atoms with Gasteiger partial charge < -0.3 is 10.6 Å². The van der Waals surface area contributed by atoms with Crippen molar-refractivity contribution in [1.82, 2.24) is 5.32 Å². The van der Waals surface area contributed by atoms with Crippen LogP contribution in [0.1, 0.15) is 12.8 Å². The van der Waals surface area contributed by atoms with E-state index in [0.717, 1.165) is 6.54 Å². The van der Waals surface area contributed by atoms with Gasteiger partial charge >= 0.3 is 0 Å². The van der Waals surface area contributed by atoms with Crippen LogP contribution >= 0.6 is 11.8 Å². The van der Waals surface area contributed by atoms with Gasteiger partial charge in [-0.2, -0.15) is 0 Å². The predicted molar refractivity (Wildman–Crippen MR) is 67.7 cm³/mol. The predicted octanol–water partition coefficient (Wildman–Crippen LogP) is 2.57. The molecule has 0 aromatic heterocycles. The number of benzene rings is 1. The van der Waals surface area contributed by atoms with Gasteiger partial charge in [-0.15, -0.1) is 11.8 Å². The van der Waals surface area contributed by atoms with Crippen molar-refractivity contribution in [3.05, 3.63) is 24.3 Å². The first-order chi connectivity index (χ1) is 7.38. The van der Waals surface area contributed by atoms with Gasteiger partial charge in [0.05, 0.1) is 0 Å². The number of rotatable bonds is 3. The second-order valence-corrected chi connectivity index (χ2v) is 4.80. The molecule has 0 aliphatic carbocycles. The fourth-order valence-electron chi connectivity index (χ4n) is 1.90. The van der Waals surface area contributed by atoms with Crippen LogP contribution in [0.15, 0.2) is 29.2 Å². The summed E-state index contributed by atoms with van der Waals surface area (Å²) in [6.07, 6.45) is 4.66. The molecule has 1 aliphatic heterocycles. The summed E-state index contributed by atoms with van der Waals surface area (Å²) in [7, 11) is 0. The van der Waals surface area contributed by atoms with Crippen molar-refractivity contribution in [3.8, 4) is 0 Å². The molecule has 0 amide bonds. The van der Waals surface area contributed by atoms with Crippen molar-refractivity contribution in [2.45, 2.75) is 23.8 Å². The van der Waals surface area contributed by atoms with E-state index in [9.17, 15) is 0 Å². The molecule has 0 spiro atoms. The molecule has 0 bridgehead atoms. The van der Waals surface area contributed by atoms with Crippen molar-refractivity contribution in [3.63, 3.8) is 0 Å². The van der Waals surface area contributed by atoms with E-state index in [1.807, 2.05) is 0 Å². The Kier molecular flexibility index (Phi) is 3.92. The lowest BCUT2D eigenvalue weighted by Crippen LogP contribution is -2.38. The number of thioether (sulfide) groups is 1. The van der Waals surface area contributed by atoms with E-state index in [1.54, 1.807) is 11.8 Å². The molecule has 2 nitrogen and oxygen atoms in total. The van der Waals surface area contributed by atoms with E-state index < -0.39 is 0 Å². The van der Waals surface area contributed by atoms with E-state index in [0.29, 0.717) is 6.04 Å². The molecule has 1 aliphatic rings. The summed E-state index contributed by atoms with van der Waals surface area (Å²) in [5, 5.41) is 6.97. The van der Waals surface area contributed by atoms with Crippen molar-refractivity contribution in [2.24, 2.45) is 0 Å². The van der Waals surface area contributed by atoms with Gasteiger partial charge in [-0.1, -0.05) is 0 Å². The van der Waals surface area contributed by atoms with Crippen LogP contribution in [0.2, 0.25) is 0 Å². The monoisotopic (exact) mass is 222 g/mol. The van der Waals surface area contributed by atoms with Gasteiger partial charge in [0.15, 0.2) is 0 Å². The number of hydrogen-bond donors (Lipinski definition) is 2. The summed E-state index contributed by atoms with van der Waals surface area (Å²) >= 11 is 1.78. The van der Waals surface area contributed by atoms with Crippen LogP contribution in [-0.2, 0) is 0 Å². The van der Waals surface area contributed by atoms with E-state index in [-0.39, 0.29) is 0 Å². The fraction of sp³-hybridized carbons (Fsp3) is 0.500. The van der Waals surface area contributed by atoms with Gasteiger partial charge in [-0.25, -0.2) is 0 Å². The summed E-state index contributed by atoms with van der Waals surface area (Å²) in [5.74, 6) is 0. The standard InChI is InChI=1S/C12H18N2S/c1-15-12-6-4-10(5-7-12)14-11-3-2-8-13-9-11/h4-7,11,13-14H,2-3,8-9H2,1H3. The minimum Gasteiger partial charge on any atom is -0.381 e. The molecule has 2 rings (SSSR count). The normalized spacial score (nSPS) is 21.3. The lowest BCUT2D eigenvalue weighted by Gasteiger charge is -2.24. The average Bonchev–Trinajstić information content (AvgIpc) is 2.31. The molecule has 1 fully saturated rings. The minimum absolute atomic E-state index is 0.596. The van der Waals surface area contributed by atoms with Crippen molar-refractivity contribution >= 4 is 17.4 Å². The Balaban J connectivity index is 1.91. The lowest BCUT2D eigenvalue weighted by atomic mass is 10.1. The molecule has 15 heavy (non-hydrogen) atoms. The van der Waals surface area contributed by atoms with Crippen LogP contribution in [0.25, 0.3) is 0 Å². The lowest BCUT2D eigenvalue weighted by molar-refractivity contribution is 0.480. The van der Waals surface area contributed by atoms with Crippen molar-refractivity contribution in [2.75, 3.05) is 24.7 Å². The molecular weight excluding hydrogens is 204 g/mol. The maximum Gasteiger partial charge on any atom is 0.0386 e. The summed E-state index contributed by atoms with van der Waals surface area (Å²) in [6.45, 7) is 2.26. The average molecular weight is 222 g/mol. The van der Waals surface area contributed by atoms with Gasteiger partial charge in [-0.3, -0.25) is 0 Å². The van der Waals surface area contributed by atoms with Gasteiger partial charge in [0.2, 0.25) is 0 Å². The highest BCUT2D eigenvalue weighted by atomic mass is 32.2. The minimum atomic E-state index is 0.596. The fourth-order valence-corrected chi connectivity index (χ4v) is 2.31. The molecule has 0 saturated carbocycles. The van der Waals surface area contributed by atoms with Crippen LogP contribution in [-0.4, -0.2) is 25.4 Å². The Bertz CT molecular complexity index is 291. The zero-order valence-electron chi connectivity index (χ0n) is 9.12. The Morgan fingerprint density at radius 1 is 1.33 bits per heavy atom. The highest BCUT2D eigenvalue weighted by Gasteiger charge is 2.11. The first-order valence-corrected chi connectivity index (χ1v) is 6.72. The van der Waals surface area contributed by atoms with Crippen LogP contribution in [0.4, 0.5) is 5.69 Å². The molecule has 2 N–H and O–H groups in total. The third-order valence-corrected chi connectivity index (χ3v) is 3.50. The summed E-state index contributed by atoms with van der Waals surface area (Å²) in [4.78, 5) is 1.32. The SMILES string of the molecule is CSc1ccc(NC2CCCNC2)cc1. The Morgan fingerprint density at radius 2 is 2.13 bits per heavy atom. The molecule has 0 radical (unpaired) electrons. The Labute approximate surface area is 95.8 Å². The smallest absolute Gasteiger partial charge is 0.0386 e. The third kappa shape index (κ3) is 3.14. The highest BCUT2D eigenvalue weighted by Crippen LogP contribution is 2.18. The molecule has 1 unspecified atom stereocenters. The number of nitrogens with one attached hydrogen (secondary N) is 2. The molecule has 1 aromatic carbocycles. The van der Waals surface area contributed by atoms with Gasteiger partial charge in [0, 0.05) is 23.2 Å². The zero-order valence-corrected chi connectivity index (χ0v) is 9.94. The number of hydrogen-bond acceptors (Lipinski definition) is 3. The zero-order chi connectivity index (χ0) is 10.5. The molecule has 82 valence electrons. The molecule has 1 atom stereocenters. The van der Waals surface area contributed by atoms with Crippen molar-refractivity contribution in [1.29, 1.82) is 0 Å². The molecule has 1 saturated heterocycles. The maximum atomic E-state index is 3.56. The van der Waals surface area contributed by atoms with E-state index in [2.05, 4.69) is 41.2 Å². The molecule has 1 heterocycles.